The molecule has 3 N–H and O–H groups in total. The van der Waals surface area contributed by atoms with Crippen molar-refractivity contribution in [2.24, 2.45) is 0 Å². The first kappa shape index (κ1) is 19.5. The molecule has 1 aromatic heterocycles. The monoisotopic (exact) mass is 424 g/mol. The van der Waals surface area contributed by atoms with Gasteiger partial charge in [-0.05, 0) is 36.4 Å². The highest BCUT2D eigenvalue weighted by Crippen LogP contribution is 2.36. The van der Waals surface area contributed by atoms with Gasteiger partial charge in [0, 0.05) is 16.3 Å². The van der Waals surface area contributed by atoms with Crippen LogP contribution in [0, 0.1) is 0 Å². The van der Waals surface area contributed by atoms with Crippen molar-refractivity contribution in [1.82, 2.24) is 9.78 Å². The SMILES string of the molecule is COc1ccccc1[C@@H]1C=C(C(=O)O)Nc2c(C(=O)Nc3ccc(Cl)cc3)cnn21. The van der Waals surface area contributed by atoms with Crippen LogP contribution in [0.3, 0.4) is 0 Å². The molecule has 0 fully saturated rings. The molecule has 3 aromatic rings. The van der Waals surface area contributed by atoms with E-state index < -0.39 is 17.9 Å². The molecule has 152 valence electrons. The third kappa shape index (κ3) is 3.60. The molecule has 4 rings (SSSR count). The lowest BCUT2D eigenvalue weighted by atomic mass is 10.0. The van der Waals surface area contributed by atoms with Crippen LogP contribution in [0.25, 0.3) is 0 Å². The first-order valence-corrected chi connectivity index (χ1v) is 9.35. The van der Waals surface area contributed by atoms with Gasteiger partial charge in [-0.3, -0.25) is 4.79 Å². The zero-order valence-corrected chi connectivity index (χ0v) is 16.6. The van der Waals surface area contributed by atoms with Gasteiger partial charge in [0.2, 0.25) is 0 Å². The first-order valence-electron chi connectivity index (χ1n) is 8.97. The molecule has 0 saturated heterocycles. The number of aromatic nitrogens is 2. The number of para-hydroxylation sites is 1. The number of hydrogen-bond acceptors (Lipinski definition) is 5. The molecule has 1 aliphatic rings. The van der Waals surface area contributed by atoms with E-state index in [9.17, 15) is 14.7 Å². The minimum Gasteiger partial charge on any atom is -0.496 e. The molecule has 0 unspecified atom stereocenters. The molecule has 2 aromatic carbocycles. The number of hydrogen-bond donors (Lipinski definition) is 3. The summed E-state index contributed by atoms with van der Waals surface area (Å²) in [4.78, 5) is 24.6. The molecule has 1 aliphatic heterocycles. The minimum absolute atomic E-state index is 0.0561. The number of nitrogens with one attached hydrogen (secondary N) is 2. The molecular formula is C21H17ClN4O4. The number of allylic oxidation sites excluding steroid dienone is 1. The summed E-state index contributed by atoms with van der Waals surface area (Å²) in [6.45, 7) is 0. The highest BCUT2D eigenvalue weighted by atomic mass is 35.5. The zero-order valence-electron chi connectivity index (χ0n) is 15.8. The van der Waals surface area contributed by atoms with Crippen LogP contribution in [0.5, 0.6) is 5.75 Å². The van der Waals surface area contributed by atoms with E-state index in [2.05, 4.69) is 15.7 Å². The maximum Gasteiger partial charge on any atom is 0.352 e. The van der Waals surface area contributed by atoms with Gasteiger partial charge in [0.15, 0.2) is 0 Å². The van der Waals surface area contributed by atoms with Crippen LogP contribution in [-0.4, -0.2) is 33.9 Å². The molecule has 1 atom stereocenters. The van der Waals surface area contributed by atoms with E-state index in [1.165, 1.54) is 19.4 Å². The van der Waals surface area contributed by atoms with Crippen LogP contribution in [0.4, 0.5) is 11.5 Å². The topological polar surface area (TPSA) is 105 Å². The van der Waals surface area contributed by atoms with E-state index in [4.69, 9.17) is 16.3 Å². The summed E-state index contributed by atoms with van der Waals surface area (Å²) in [7, 11) is 1.54. The maximum atomic E-state index is 12.8. The number of aliphatic carboxylic acids is 1. The summed E-state index contributed by atoms with van der Waals surface area (Å²) in [6, 6.07) is 13.3. The Morgan fingerprint density at radius 3 is 2.63 bits per heavy atom. The second-order valence-electron chi connectivity index (χ2n) is 6.51. The number of anilines is 2. The molecule has 0 radical (unpaired) electrons. The number of benzene rings is 2. The predicted molar refractivity (Wildman–Crippen MR) is 112 cm³/mol. The van der Waals surface area contributed by atoms with Crippen LogP contribution >= 0.6 is 11.6 Å². The molecular weight excluding hydrogens is 408 g/mol. The van der Waals surface area contributed by atoms with Gasteiger partial charge in [-0.1, -0.05) is 29.8 Å². The molecule has 30 heavy (non-hydrogen) atoms. The van der Waals surface area contributed by atoms with Crippen molar-refractivity contribution in [2.75, 3.05) is 17.7 Å². The van der Waals surface area contributed by atoms with Crippen molar-refractivity contribution in [3.63, 3.8) is 0 Å². The number of fused-ring (bicyclic) bond motifs is 1. The Morgan fingerprint density at radius 2 is 1.93 bits per heavy atom. The fourth-order valence-corrected chi connectivity index (χ4v) is 3.38. The Balaban J connectivity index is 1.74. The van der Waals surface area contributed by atoms with Crippen LogP contribution in [0.2, 0.25) is 5.02 Å². The summed E-state index contributed by atoms with van der Waals surface area (Å²) in [6.07, 6.45) is 2.93. The number of carboxylic acids is 1. The van der Waals surface area contributed by atoms with Crippen molar-refractivity contribution < 1.29 is 19.4 Å². The Morgan fingerprint density at radius 1 is 1.20 bits per heavy atom. The summed E-state index contributed by atoms with van der Waals surface area (Å²) in [5.41, 5.74) is 1.42. The number of methoxy groups -OCH3 is 1. The average molecular weight is 425 g/mol. The van der Waals surface area contributed by atoms with Crippen molar-refractivity contribution in [3.8, 4) is 5.75 Å². The number of amides is 1. The second kappa shape index (κ2) is 7.92. The average Bonchev–Trinajstić information content (AvgIpc) is 3.19. The van der Waals surface area contributed by atoms with Crippen LogP contribution in [0.1, 0.15) is 22.0 Å². The number of carbonyl (C=O) groups is 2. The molecule has 1 amide bonds. The largest absolute Gasteiger partial charge is 0.496 e. The van der Waals surface area contributed by atoms with Crippen molar-refractivity contribution in [1.29, 1.82) is 0 Å². The van der Waals surface area contributed by atoms with Crippen molar-refractivity contribution >= 4 is 35.0 Å². The summed E-state index contributed by atoms with van der Waals surface area (Å²) in [5.74, 6) is -0.723. The van der Waals surface area contributed by atoms with E-state index in [0.717, 1.165) is 0 Å². The van der Waals surface area contributed by atoms with Gasteiger partial charge in [-0.2, -0.15) is 5.10 Å². The van der Waals surface area contributed by atoms with E-state index in [-0.39, 0.29) is 17.1 Å². The van der Waals surface area contributed by atoms with Crippen LogP contribution < -0.4 is 15.4 Å². The van der Waals surface area contributed by atoms with Gasteiger partial charge in [0.05, 0.1) is 13.3 Å². The van der Waals surface area contributed by atoms with E-state index in [1.807, 2.05) is 18.2 Å². The molecule has 0 saturated carbocycles. The fourth-order valence-electron chi connectivity index (χ4n) is 3.25. The molecule has 0 aliphatic carbocycles. The lowest BCUT2D eigenvalue weighted by Gasteiger charge is -2.25. The molecule has 8 nitrogen and oxygen atoms in total. The fraction of sp³-hybridized carbons (Fsp3) is 0.0952. The lowest BCUT2D eigenvalue weighted by Crippen LogP contribution is -2.26. The van der Waals surface area contributed by atoms with Crippen LogP contribution in [0.15, 0.2) is 66.5 Å². The number of rotatable bonds is 5. The summed E-state index contributed by atoms with van der Waals surface area (Å²) >= 11 is 5.88. The predicted octanol–water partition coefficient (Wildman–Crippen LogP) is 3.78. The third-order valence-electron chi connectivity index (χ3n) is 4.67. The van der Waals surface area contributed by atoms with E-state index >= 15 is 0 Å². The van der Waals surface area contributed by atoms with Gasteiger partial charge in [-0.25, -0.2) is 9.48 Å². The quantitative estimate of drug-likeness (QED) is 0.575. The summed E-state index contributed by atoms with van der Waals surface area (Å²) < 4.78 is 6.98. The number of halogens is 1. The van der Waals surface area contributed by atoms with Gasteiger partial charge in [0.25, 0.3) is 5.91 Å². The highest BCUT2D eigenvalue weighted by Gasteiger charge is 2.30. The standard InChI is InChI=1S/C21H17ClN4O4/c1-30-18-5-3-2-4-14(18)17-10-16(21(28)29)25-19-15(11-23-26(17)19)20(27)24-13-8-6-12(22)7-9-13/h2-11,17,25H,1H3,(H,24,27)(H,28,29)/t17-/m0/s1. The number of nitrogens with zero attached hydrogens (tertiary/aromatic N) is 2. The Labute approximate surface area is 176 Å². The van der Waals surface area contributed by atoms with E-state index in [0.29, 0.717) is 22.0 Å². The highest BCUT2D eigenvalue weighted by molar-refractivity contribution is 6.30. The normalized spacial score (nSPS) is 14.9. The minimum atomic E-state index is -1.15. The van der Waals surface area contributed by atoms with E-state index in [1.54, 1.807) is 35.0 Å². The molecule has 2 heterocycles. The smallest absolute Gasteiger partial charge is 0.352 e. The van der Waals surface area contributed by atoms with Crippen LogP contribution in [-0.2, 0) is 4.79 Å². The number of carboxylic acid groups (broad SMARTS) is 1. The number of carbonyl (C=O) groups excluding carboxylic acids is 1. The maximum absolute atomic E-state index is 12.8. The van der Waals surface area contributed by atoms with Crippen molar-refractivity contribution in [2.45, 2.75) is 6.04 Å². The molecule has 0 spiro atoms. The first-order chi connectivity index (χ1) is 14.5. The number of ether oxygens (including phenoxy) is 1. The summed E-state index contributed by atoms with van der Waals surface area (Å²) in [5, 5.41) is 20.0. The third-order valence-corrected chi connectivity index (χ3v) is 4.92. The molecule has 0 bridgehead atoms. The van der Waals surface area contributed by atoms with Gasteiger partial charge < -0.3 is 20.5 Å². The Kier molecular flexibility index (Phi) is 5.16. The lowest BCUT2D eigenvalue weighted by molar-refractivity contribution is -0.132. The molecule has 9 heteroatoms. The van der Waals surface area contributed by atoms with Gasteiger partial charge in [-0.15, -0.1) is 0 Å². The second-order valence-corrected chi connectivity index (χ2v) is 6.95. The Bertz CT molecular complexity index is 1150. The van der Waals surface area contributed by atoms with Crippen molar-refractivity contribution in [3.05, 3.63) is 82.7 Å². The van der Waals surface area contributed by atoms with Gasteiger partial charge in [0.1, 0.15) is 28.9 Å². The van der Waals surface area contributed by atoms with Gasteiger partial charge >= 0.3 is 5.97 Å². The Hall–Kier alpha value is -3.78. The zero-order chi connectivity index (χ0) is 21.3.